The van der Waals surface area contributed by atoms with Crippen LogP contribution in [0.3, 0.4) is 0 Å². The second-order valence-corrected chi connectivity index (χ2v) is 4.19. The lowest BCUT2D eigenvalue weighted by atomic mass is 10.4. The largest absolute Gasteiger partial charge is 0.113 e. The molecule has 9 heavy (non-hydrogen) atoms. The molecule has 0 aromatic carbocycles. The van der Waals surface area contributed by atoms with Crippen molar-refractivity contribution in [2.24, 2.45) is 0 Å². The fourth-order valence-corrected chi connectivity index (χ4v) is 2.22. The van der Waals surface area contributed by atoms with Gasteiger partial charge in [-0.15, -0.1) is 11.3 Å². The van der Waals surface area contributed by atoms with Gasteiger partial charge in [0.15, 0.2) is 0 Å². The van der Waals surface area contributed by atoms with Crippen LogP contribution in [0.1, 0.15) is 5.56 Å². The SMILES string of the molecule is Cc1c(Cl)sc(Cl)c1Cl. The quantitative estimate of drug-likeness (QED) is 0.595. The summed E-state index contributed by atoms with van der Waals surface area (Å²) in [6, 6.07) is 0. The van der Waals surface area contributed by atoms with Gasteiger partial charge in [0.1, 0.15) is 4.34 Å². The van der Waals surface area contributed by atoms with Crippen molar-refractivity contribution < 1.29 is 0 Å². The average Bonchev–Trinajstić information content (AvgIpc) is 1.98. The van der Waals surface area contributed by atoms with Gasteiger partial charge < -0.3 is 0 Å². The molecule has 0 nitrogen and oxygen atoms in total. The Morgan fingerprint density at radius 3 is 1.78 bits per heavy atom. The Morgan fingerprint density at radius 2 is 1.67 bits per heavy atom. The van der Waals surface area contributed by atoms with Gasteiger partial charge in [-0.3, -0.25) is 0 Å². The van der Waals surface area contributed by atoms with Gasteiger partial charge in [-0.25, -0.2) is 0 Å². The molecule has 0 amide bonds. The van der Waals surface area contributed by atoms with E-state index in [4.69, 9.17) is 34.8 Å². The minimum atomic E-state index is 0.569. The zero-order valence-corrected chi connectivity index (χ0v) is 7.63. The molecule has 4 heteroatoms. The topological polar surface area (TPSA) is 0 Å². The lowest BCUT2D eigenvalue weighted by Gasteiger charge is -1.83. The second-order valence-electron chi connectivity index (χ2n) is 1.59. The maximum absolute atomic E-state index is 5.69. The Labute approximate surface area is 72.3 Å². The predicted octanol–water partition coefficient (Wildman–Crippen LogP) is 4.02. The van der Waals surface area contributed by atoms with E-state index in [9.17, 15) is 0 Å². The predicted molar refractivity (Wildman–Crippen MR) is 44.1 cm³/mol. The molecule has 0 spiro atoms. The monoisotopic (exact) mass is 200 g/mol. The number of hydrogen-bond acceptors (Lipinski definition) is 1. The van der Waals surface area contributed by atoms with E-state index in [0.717, 1.165) is 5.56 Å². The van der Waals surface area contributed by atoms with Gasteiger partial charge in [0, 0.05) is 0 Å². The van der Waals surface area contributed by atoms with E-state index < -0.39 is 0 Å². The van der Waals surface area contributed by atoms with E-state index in [1.54, 1.807) is 0 Å². The van der Waals surface area contributed by atoms with Crippen LogP contribution in [-0.2, 0) is 0 Å². The molecule has 0 aliphatic carbocycles. The molecule has 0 aliphatic rings. The van der Waals surface area contributed by atoms with E-state index in [1.807, 2.05) is 6.92 Å². The molecule has 0 bridgehead atoms. The average molecular weight is 202 g/mol. The van der Waals surface area contributed by atoms with E-state index in [1.165, 1.54) is 11.3 Å². The van der Waals surface area contributed by atoms with Gasteiger partial charge in [0.25, 0.3) is 0 Å². The van der Waals surface area contributed by atoms with Crippen molar-refractivity contribution in [2.45, 2.75) is 6.92 Å². The fraction of sp³-hybridized carbons (Fsp3) is 0.200. The summed E-state index contributed by atoms with van der Waals surface area (Å²) in [4.78, 5) is 0. The number of halogens is 3. The van der Waals surface area contributed by atoms with Gasteiger partial charge in [0.2, 0.25) is 0 Å². The zero-order chi connectivity index (χ0) is 7.02. The van der Waals surface area contributed by atoms with Crippen LogP contribution in [-0.4, -0.2) is 0 Å². The minimum absolute atomic E-state index is 0.569. The Kier molecular flexibility index (Phi) is 2.27. The van der Waals surface area contributed by atoms with Gasteiger partial charge in [-0.1, -0.05) is 34.8 Å². The molecule has 1 rings (SSSR count). The van der Waals surface area contributed by atoms with E-state index in [2.05, 4.69) is 0 Å². The Hall–Kier alpha value is 0.570. The minimum Gasteiger partial charge on any atom is -0.110 e. The molecule has 1 aromatic rings. The molecule has 0 fully saturated rings. The molecular formula is C5H3Cl3S. The molecule has 0 aliphatic heterocycles. The van der Waals surface area contributed by atoms with Crippen LogP contribution >= 0.6 is 46.1 Å². The molecule has 0 atom stereocenters. The smallest absolute Gasteiger partial charge is 0.110 e. The van der Waals surface area contributed by atoms with Crippen LogP contribution in [0.25, 0.3) is 0 Å². The lowest BCUT2D eigenvalue weighted by Crippen LogP contribution is -1.62. The summed E-state index contributed by atoms with van der Waals surface area (Å²) in [6.07, 6.45) is 0. The molecular weight excluding hydrogens is 198 g/mol. The third-order valence-electron chi connectivity index (χ3n) is 0.976. The Morgan fingerprint density at radius 1 is 1.11 bits per heavy atom. The summed E-state index contributed by atoms with van der Waals surface area (Å²) in [7, 11) is 0. The van der Waals surface area contributed by atoms with Crippen LogP contribution in [0.5, 0.6) is 0 Å². The summed E-state index contributed by atoms with van der Waals surface area (Å²) in [5.41, 5.74) is 0.869. The van der Waals surface area contributed by atoms with Crippen molar-refractivity contribution in [3.8, 4) is 0 Å². The first-order chi connectivity index (χ1) is 4.13. The third kappa shape index (κ3) is 1.35. The highest BCUT2D eigenvalue weighted by molar-refractivity contribution is 7.20. The van der Waals surface area contributed by atoms with Crippen LogP contribution in [0.4, 0.5) is 0 Å². The number of hydrogen-bond donors (Lipinski definition) is 0. The molecule has 50 valence electrons. The highest BCUT2D eigenvalue weighted by atomic mass is 35.5. The van der Waals surface area contributed by atoms with Crippen molar-refractivity contribution in [3.63, 3.8) is 0 Å². The van der Waals surface area contributed by atoms with Crippen molar-refractivity contribution in [2.75, 3.05) is 0 Å². The maximum Gasteiger partial charge on any atom is 0.113 e. The standard InChI is InChI=1S/C5H3Cl3S/c1-2-3(6)5(8)9-4(2)7/h1H3. The summed E-state index contributed by atoms with van der Waals surface area (Å²) >= 11 is 18.3. The van der Waals surface area contributed by atoms with Crippen molar-refractivity contribution in [3.05, 3.63) is 19.3 Å². The fourth-order valence-electron chi connectivity index (χ4n) is 0.434. The molecule has 0 N–H and O–H groups in total. The molecule has 1 heterocycles. The maximum atomic E-state index is 5.69. The van der Waals surface area contributed by atoms with E-state index in [-0.39, 0.29) is 0 Å². The van der Waals surface area contributed by atoms with E-state index >= 15 is 0 Å². The molecule has 0 unspecified atom stereocenters. The van der Waals surface area contributed by atoms with Crippen molar-refractivity contribution >= 4 is 46.1 Å². The van der Waals surface area contributed by atoms with Crippen molar-refractivity contribution in [1.29, 1.82) is 0 Å². The summed E-state index contributed by atoms with van der Waals surface area (Å²) in [5.74, 6) is 0. The van der Waals surface area contributed by atoms with Crippen LogP contribution in [0, 0.1) is 6.92 Å². The van der Waals surface area contributed by atoms with Gasteiger partial charge in [-0.05, 0) is 12.5 Å². The Bertz CT molecular complexity index is 206. The van der Waals surface area contributed by atoms with Gasteiger partial charge >= 0.3 is 0 Å². The van der Waals surface area contributed by atoms with Crippen LogP contribution < -0.4 is 0 Å². The summed E-state index contributed by atoms with van der Waals surface area (Å²) < 4.78 is 1.24. The van der Waals surface area contributed by atoms with Gasteiger partial charge in [0.05, 0.1) is 9.36 Å². The lowest BCUT2D eigenvalue weighted by molar-refractivity contribution is 1.55. The third-order valence-corrected chi connectivity index (χ3v) is 3.46. The molecule has 0 saturated carbocycles. The first-order valence-corrected chi connectivity index (χ1v) is 4.18. The second kappa shape index (κ2) is 2.67. The van der Waals surface area contributed by atoms with Crippen molar-refractivity contribution in [1.82, 2.24) is 0 Å². The Balaban J connectivity index is 3.29. The summed E-state index contributed by atoms with van der Waals surface area (Å²) in [5, 5.41) is 0.576. The van der Waals surface area contributed by atoms with E-state index in [0.29, 0.717) is 13.7 Å². The number of thiophene rings is 1. The zero-order valence-electron chi connectivity index (χ0n) is 4.54. The first-order valence-electron chi connectivity index (χ1n) is 2.23. The van der Waals surface area contributed by atoms with Gasteiger partial charge in [-0.2, -0.15) is 0 Å². The molecule has 0 saturated heterocycles. The first kappa shape index (κ1) is 7.67. The van der Waals surface area contributed by atoms with Crippen LogP contribution in [0.15, 0.2) is 0 Å². The number of rotatable bonds is 0. The molecule has 1 aromatic heterocycles. The normalized spacial score (nSPS) is 10.2. The highest BCUT2D eigenvalue weighted by Crippen LogP contribution is 2.38. The van der Waals surface area contributed by atoms with Crippen LogP contribution in [0.2, 0.25) is 13.7 Å². The molecule has 0 radical (unpaired) electrons. The highest BCUT2D eigenvalue weighted by Gasteiger charge is 2.08. The summed E-state index contributed by atoms with van der Waals surface area (Å²) in [6.45, 7) is 1.84.